The van der Waals surface area contributed by atoms with Crippen LogP contribution in [-0.4, -0.2) is 6.61 Å². The molecule has 0 aromatic heterocycles. The van der Waals surface area contributed by atoms with Gasteiger partial charge in [-0.05, 0) is 93.1 Å². The lowest BCUT2D eigenvalue weighted by molar-refractivity contribution is 0.148. The van der Waals surface area contributed by atoms with Crippen LogP contribution in [0.4, 0.5) is 0 Å². The highest BCUT2D eigenvalue weighted by Crippen LogP contribution is 2.42. The molecule has 0 N–H and O–H groups in total. The Bertz CT molecular complexity index is 612. The second kappa shape index (κ2) is 13.2. The number of aryl methyl sites for hydroxylation is 1. The average Bonchev–Trinajstić information content (AvgIpc) is 2.81. The lowest BCUT2D eigenvalue weighted by Crippen LogP contribution is -2.25. The van der Waals surface area contributed by atoms with E-state index in [0.717, 1.165) is 23.7 Å². The van der Waals surface area contributed by atoms with Gasteiger partial charge < -0.3 is 4.74 Å². The number of allylic oxidation sites excluding steroid dienone is 2. The number of rotatable bonds is 11. The minimum absolute atomic E-state index is 0.705. The van der Waals surface area contributed by atoms with Crippen molar-refractivity contribution in [2.45, 2.75) is 90.6 Å². The molecule has 3 rings (SSSR count). The van der Waals surface area contributed by atoms with Crippen molar-refractivity contribution in [3.05, 3.63) is 60.2 Å². The van der Waals surface area contributed by atoms with Gasteiger partial charge in [0.05, 0.1) is 13.2 Å². The largest absolute Gasteiger partial charge is 0.373 e. The molecular formula is C29H44O. The molecule has 0 unspecified atom stereocenters. The SMILES string of the molecule is C=C[C@H]1CC[C@H](C2CCC(CCCCc3ccc(COCC=CC)cc3)CC2)CC1. The maximum absolute atomic E-state index is 5.63. The third-order valence-electron chi connectivity index (χ3n) is 7.78. The van der Waals surface area contributed by atoms with Crippen molar-refractivity contribution in [1.82, 2.24) is 0 Å². The van der Waals surface area contributed by atoms with Crippen LogP contribution in [0.15, 0.2) is 49.1 Å². The molecule has 0 spiro atoms. The van der Waals surface area contributed by atoms with Gasteiger partial charge in [0.15, 0.2) is 0 Å². The van der Waals surface area contributed by atoms with Crippen LogP contribution in [0, 0.1) is 23.7 Å². The molecule has 1 aromatic carbocycles. The first-order chi connectivity index (χ1) is 14.8. The van der Waals surface area contributed by atoms with E-state index in [0.29, 0.717) is 13.2 Å². The number of hydrogen-bond acceptors (Lipinski definition) is 1. The summed E-state index contributed by atoms with van der Waals surface area (Å²) < 4.78 is 5.63. The summed E-state index contributed by atoms with van der Waals surface area (Å²) in [6, 6.07) is 9.05. The summed E-state index contributed by atoms with van der Waals surface area (Å²) in [7, 11) is 0. The lowest BCUT2D eigenvalue weighted by atomic mass is 9.68. The van der Waals surface area contributed by atoms with Crippen LogP contribution in [0.5, 0.6) is 0 Å². The smallest absolute Gasteiger partial charge is 0.0721 e. The second-order valence-corrected chi connectivity index (χ2v) is 9.84. The molecule has 166 valence electrons. The fraction of sp³-hybridized carbons (Fsp3) is 0.655. The zero-order chi connectivity index (χ0) is 21.0. The maximum Gasteiger partial charge on any atom is 0.0721 e. The van der Waals surface area contributed by atoms with E-state index in [1.54, 1.807) is 0 Å². The van der Waals surface area contributed by atoms with Gasteiger partial charge in [-0.25, -0.2) is 0 Å². The molecule has 0 saturated heterocycles. The minimum Gasteiger partial charge on any atom is -0.373 e. The summed E-state index contributed by atoms with van der Waals surface area (Å²) in [5.41, 5.74) is 2.75. The minimum atomic E-state index is 0.705. The molecule has 0 bridgehead atoms. The Kier molecular flexibility index (Phi) is 10.2. The van der Waals surface area contributed by atoms with Gasteiger partial charge in [0.2, 0.25) is 0 Å². The zero-order valence-electron chi connectivity index (χ0n) is 19.4. The maximum atomic E-state index is 5.63. The Morgan fingerprint density at radius 1 is 0.867 bits per heavy atom. The zero-order valence-corrected chi connectivity index (χ0v) is 19.4. The summed E-state index contributed by atoms with van der Waals surface area (Å²) in [5, 5.41) is 0. The first-order valence-electron chi connectivity index (χ1n) is 12.7. The summed E-state index contributed by atoms with van der Waals surface area (Å²) in [5.74, 6) is 3.87. The molecule has 0 heterocycles. The fourth-order valence-corrected chi connectivity index (χ4v) is 5.71. The highest BCUT2D eigenvalue weighted by atomic mass is 16.5. The van der Waals surface area contributed by atoms with Crippen molar-refractivity contribution >= 4 is 0 Å². The van der Waals surface area contributed by atoms with Gasteiger partial charge in [-0.3, -0.25) is 0 Å². The van der Waals surface area contributed by atoms with Crippen LogP contribution < -0.4 is 0 Å². The summed E-state index contributed by atoms with van der Waals surface area (Å²) in [4.78, 5) is 0. The van der Waals surface area contributed by atoms with Crippen molar-refractivity contribution in [3.8, 4) is 0 Å². The first kappa shape index (κ1) is 23.3. The highest BCUT2D eigenvalue weighted by molar-refractivity contribution is 5.22. The molecule has 2 aliphatic rings. The monoisotopic (exact) mass is 408 g/mol. The number of unbranched alkanes of at least 4 members (excludes halogenated alkanes) is 1. The fourth-order valence-electron chi connectivity index (χ4n) is 5.71. The van der Waals surface area contributed by atoms with Crippen molar-refractivity contribution < 1.29 is 4.74 Å². The Morgan fingerprint density at radius 2 is 1.50 bits per heavy atom. The van der Waals surface area contributed by atoms with Gasteiger partial charge in [0.1, 0.15) is 0 Å². The summed E-state index contributed by atoms with van der Waals surface area (Å²) >= 11 is 0. The van der Waals surface area contributed by atoms with Crippen molar-refractivity contribution in [3.63, 3.8) is 0 Å². The van der Waals surface area contributed by atoms with E-state index in [2.05, 4.69) is 43.0 Å². The van der Waals surface area contributed by atoms with Crippen LogP contribution in [0.3, 0.4) is 0 Å². The molecule has 0 atom stereocenters. The van der Waals surface area contributed by atoms with Crippen LogP contribution in [0.25, 0.3) is 0 Å². The molecule has 0 aliphatic heterocycles. The van der Waals surface area contributed by atoms with E-state index in [1.165, 1.54) is 88.2 Å². The number of benzene rings is 1. The van der Waals surface area contributed by atoms with Gasteiger partial charge in [-0.15, -0.1) is 6.58 Å². The summed E-state index contributed by atoms with van der Waals surface area (Å²) in [6.45, 7) is 7.44. The van der Waals surface area contributed by atoms with Crippen LogP contribution in [0.2, 0.25) is 0 Å². The molecule has 0 amide bonds. The van der Waals surface area contributed by atoms with Crippen LogP contribution >= 0.6 is 0 Å². The Morgan fingerprint density at radius 3 is 2.13 bits per heavy atom. The second-order valence-electron chi connectivity index (χ2n) is 9.84. The van der Waals surface area contributed by atoms with E-state index in [4.69, 9.17) is 4.74 Å². The van der Waals surface area contributed by atoms with E-state index >= 15 is 0 Å². The Labute approximate surface area is 186 Å². The Balaban J connectivity index is 1.25. The normalized spacial score (nSPS) is 27.4. The van der Waals surface area contributed by atoms with Gasteiger partial charge in [0.25, 0.3) is 0 Å². The topological polar surface area (TPSA) is 9.23 Å². The third kappa shape index (κ3) is 7.73. The van der Waals surface area contributed by atoms with E-state index in [1.807, 2.05) is 13.0 Å². The predicted molar refractivity (Wildman–Crippen MR) is 130 cm³/mol. The molecule has 0 radical (unpaired) electrons. The van der Waals surface area contributed by atoms with Crippen LogP contribution in [-0.2, 0) is 17.8 Å². The first-order valence-corrected chi connectivity index (χ1v) is 12.7. The molecule has 1 heteroatoms. The molecule has 1 aromatic rings. The average molecular weight is 409 g/mol. The molecule has 1 nitrogen and oxygen atoms in total. The van der Waals surface area contributed by atoms with Crippen LogP contribution in [0.1, 0.15) is 88.7 Å². The molecule has 2 aliphatic carbocycles. The lowest BCUT2D eigenvalue weighted by Gasteiger charge is -2.37. The molecule has 30 heavy (non-hydrogen) atoms. The van der Waals surface area contributed by atoms with E-state index < -0.39 is 0 Å². The number of hydrogen-bond donors (Lipinski definition) is 0. The van der Waals surface area contributed by atoms with Gasteiger partial charge in [0, 0.05) is 0 Å². The Hall–Kier alpha value is -1.34. The van der Waals surface area contributed by atoms with Crippen molar-refractivity contribution in [2.24, 2.45) is 23.7 Å². The van der Waals surface area contributed by atoms with Crippen molar-refractivity contribution in [1.29, 1.82) is 0 Å². The van der Waals surface area contributed by atoms with Gasteiger partial charge in [-0.1, -0.05) is 68.2 Å². The summed E-state index contributed by atoms with van der Waals surface area (Å²) in [6.07, 6.45) is 23.4. The van der Waals surface area contributed by atoms with Gasteiger partial charge in [-0.2, -0.15) is 0 Å². The predicted octanol–water partition coefficient (Wildman–Crippen LogP) is 8.29. The van der Waals surface area contributed by atoms with Gasteiger partial charge >= 0.3 is 0 Å². The standard InChI is InChI=1S/C29H44O/c1-3-5-22-30-23-27-12-10-25(11-13-27)8-6-7-9-26-16-20-29(21-17-26)28-18-14-24(4-2)15-19-28/h3-5,10-13,24,26,28-29H,2,6-9,14-23H2,1H3/t24-,26?,28-,29?. The van der Waals surface area contributed by atoms with Crippen molar-refractivity contribution in [2.75, 3.05) is 6.61 Å². The van der Waals surface area contributed by atoms with E-state index in [-0.39, 0.29) is 0 Å². The third-order valence-corrected chi connectivity index (χ3v) is 7.78. The molecular weight excluding hydrogens is 364 g/mol. The molecule has 2 saturated carbocycles. The van der Waals surface area contributed by atoms with E-state index in [9.17, 15) is 0 Å². The number of ether oxygens (including phenoxy) is 1. The quantitative estimate of drug-likeness (QED) is 0.264. The molecule has 2 fully saturated rings. The highest BCUT2D eigenvalue weighted by Gasteiger charge is 2.29.